The topological polar surface area (TPSA) is 43.5 Å². The minimum Gasteiger partial charge on any atom is -0.371 e. The summed E-state index contributed by atoms with van der Waals surface area (Å²) < 4.78 is 22.9. The van der Waals surface area contributed by atoms with Gasteiger partial charge in [-0.1, -0.05) is 34.1 Å². The van der Waals surface area contributed by atoms with Crippen LogP contribution in [-0.2, 0) is 18.9 Å². The number of epoxide rings is 2. The largest absolute Gasteiger partial charge is 0.371 e. The first-order chi connectivity index (χ1) is 8.97. The quantitative estimate of drug-likeness (QED) is 0.478. The Morgan fingerprint density at radius 3 is 1.79 bits per heavy atom. The molecule has 2 heterocycles. The van der Waals surface area contributed by atoms with Crippen molar-refractivity contribution >= 4 is 0 Å². The molecule has 4 nitrogen and oxygen atoms in total. The average Bonchev–Trinajstić information content (AvgIpc) is 3.21. The molecule has 0 N–H and O–H groups in total. The van der Waals surface area contributed by atoms with Gasteiger partial charge in [-0.2, -0.15) is 0 Å². The smallest absolute Gasteiger partial charge is 0.173 e. The van der Waals surface area contributed by atoms with Crippen LogP contribution in [0.4, 0.5) is 0 Å². The third kappa shape index (κ3) is 4.42. The Hall–Kier alpha value is -0.160. The fraction of sp³-hybridized carbons (Fsp3) is 1.00. The molecule has 19 heavy (non-hydrogen) atoms. The van der Waals surface area contributed by atoms with Crippen molar-refractivity contribution in [2.45, 2.75) is 65.0 Å². The van der Waals surface area contributed by atoms with Gasteiger partial charge in [0.15, 0.2) is 5.79 Å². The molecule has 2 aliphatic rings. The van der Waals surface area contributed by atoms with Gasteiger partial charge in [-0.25, -0.2) is 0 Å². The highest BCUT2D eigenvalue weighted by molar-refractivity contribution is 4.87. The van der Waals surface area contributed by atoms with Crippen molar-refractivity contribution < 1.29 is 18.9 Å². The summed E-state index contributed by atoms with van der Waals surface area (Å²) in [6.07, 6.45) is 3.71. The molecule has 0 aromatic heterocycles. The summed E-state index contributed by atoms with van der Waals surface area (Å²) in [6, 6.07) is 0. The Morgan fingerprint density at radius 1 is 1.00 bits per heavy atom. The predicted octanol–water partition coefficient (Wildman–Crippen LogP) is 2.75. The maximum absolute atomic E-state index is 6.20. The molecule has 0 aromatic carbocycles. The van der Waals surface area contributed by atoms with Gasteiger partial charge in [0, 0.05) is 11.8 Å². The monoisotopic (exact) mass is 272 g/mol. The summed E-state index contributed by atoms with van der Waals surface area (Å²) in [5.41, 5.74) is -0.0635. The van der Waals surface area contributed by atoms with Gasteiger partial charge in [0.2, 0.25) is 0 Å². The second kappa shape index (κ2) is 6.08. The number of unbranched alkanes of at least 4 members (excludes halogenated alkanes) is 1. The van der Waals surface area contributed by atoms with Gasteiger partial charge < -0.3 is 18.9 Å². The van der Waals surface area contributed by atoms with Crippen LogP contribution in [0.3, 0.4) is 0 Å². The van der Waals surface area contributed by atoms with Gasteiger partial charge in [0.25, 0.3) is 0 Å². The molecule has 0 aromatic rings. The van der Waals surface area contributed by atoms with Crippen LogP contribution in [0.2, 0.25) is 0 Å². The molecule has 2 aliphatic heterocycles. The Morgan fingerprint density at radius 2 is 1.47 bits per heavy atom. The lowest BCUT2D eigenvalue weighted by Crippen LogP contribution is -2.49. The minimum atomic E-state index is -0.527. The number of rotatable bonds is 9. The van der Waals surface area contributed by atoms with E-state index in [4.69, 9.17) is 18.9 Å². The van der Waals surface area contributed by atoms with Crippen LogP contribution >= 0.6 is 0 Å². The number of hydrogen-bond acceptors (Lipinski definition) is 4. The first-order valence-electron chi connectivity index (χ1n) is 7.48. The van der Waals surface area contributed by atoms with Crippen molar-refractivity contribution in [3.8, 4) is 0 Å². The summed E-state index contributed by atoms with van der Waals surface area (Å²) in [6.45, 7) is 11.7. The van der Waals surface area contributed by atoms with Crippen LogP contribution in [0.15, 0.2) is 0 Å². The molecular formula is C15H28O4. The van der Waals surface area contributed by atoms with E-state index in [-0.39, 0.29) is 17.6 Å². The molecule has 2 rings (SSSR count). The van der Waals surface area contributed by atoms with E-state index in [1.165, 1.54) is 0 Å². The van der Waals surface area contributed by atoms with Gasteiger partial charge in [0.1, 0.15) is 12.2 Å². The molecule has 4 heteroatoms. The molecule has 2 saturated heterocycles. The van der Waals surface area contributed by atoms with Crippen molar-refractivity contribution in [2.24, 2.45) is 5.41 Å². The summed E-state index contributed by atoms with van der Waals surface area (Å²) >= 11 is 0. The molecule has 0 amide bonds. The van der Waals surface area contributed by atoms with E-state index in [2.05, 4.69) is 27.7 Å². The fourth-order valence-corrected chi connectivity index (χ4v) is 2.19. The van der Waals surface area contributed by atoms with Crippen molar-refractivity contribution in [3.05, 3.63) is 0 Å². The highest BCUT2D eigenvalue weighted by atomic mass is 16.7. The zero-order valence-electron chi connectivity index (χ0n) is 12.7. The van der Waals surface area contributed by atoms with Gasteiger partial charge in [-0.05, 0) is 6.42 Å². The van der Waals surface area contributed by atoms with E-state index in [0.29, 0.717) is 13.2 Å². The molecular weight excluding hydrogens is 244 g/mol. The minimum absolute atomic E-state index is 0.0635. The first-order valence-corrected chi connectivity index (χ1v) is 7.48. The average molecular weight is 272 g/mol. The lowest BCUT2D eigenvalue weighted by molar-refractivity contribution is -0.295. The molecule has 0 bridgehead atoms. The Labute approximate surface area is 116 Å². The molecule has 0 saturated carbocycles. The van der Waals surface area contributed by atoms with Crippen LogP contribution in [-0.4, -0.2) is 44.4 Å². The molecule has 2 atom stereocenters. The SMILES string of the molecule is CCCCC(OCC1CO1)(OCC1CO1)C(C)(C)C. The van der Waals surface area contributed by atoms with Crippen LogP contribution < -0.4 is 0 Å². The molecule has 2 unspecified atom stereocenters. The zero-order valence-corrected chi connectivity index (χ0v) is 12.7. The van der Waals surface area contributed by atoms with E-state index in [1.807, 2.05) is 0 Å². The third-order valence-electron chi connectivity index (χ3n) is 3.81. The molecule has 0 radical (unpaired) electrons. The molecule has 0 aliphatic carbocycles. The van der Waals surface area contributed by atoms with Crippen LogP contribution in [0.1, 0.15) is 47.0 Å². The molecule has 112 valence electrons. The highest BCUT2D eigenvalue weighted by Crippen LogP contribution is 2.40. The van der Waals surface area contributed by atoms with Gasteiger partial charge in [0.05, 0.1) is 26.4 Å². The van der Waals surface area contributed by atoms with Crippen molar-refractivity contribution in [3.63, 3.8) is 0 Å². The van der Waals surface area contributed by atoms with E-state index in [1.54, 1.807) is 0 Å². The van der Waals surface area contributed by atoms with Crippen molar-refractivity contribution in [1.29, 1.82) is 0 Å². The lowest BCUT2D eigenvalue weighted by Gasteiger charge is -2.44. The van der Waals surface area contributed by atoms with E-state index >= 15 is 0 Å². The highest BCUT2D eigenvalue weighted by Gasteiger charge is 2.46. The maximum atomic E-state index is 6.20. The third-order valence-corrected chi connectivity index (χ3v) is 3.81. The lowest BCUT2D eigenvalue weighted by atomic mass is 9.82. The van der Waals surface area contributed by atoms with E-state index < -0.39 is 5.79 Å². The summed E-state index contributed by atoms with van der Waals surface area (Å²) in [4.78, 5) is 0. The zero-order chi connectivity index (χ0) is 13.9. The van der Waals surface area contributed by atoms with Crippen molar-refractivity contribution in [1.82, 2.24) is 0 Å². The summed E-state index contributed by atoms with van der Waals surface area (Å²) in [7, 11) is 0. The fourth-order valence-electron chi connectivity index (χ4n) is 2.19. The van der Waals surface area contributed by atoms with Gasteiger partial charge in [-0.15, -0.1) is 0 Å². The van der Waals surface area contributed by atoms with Crippen LogP contribution in [0.25, 0.3) is 0 Å². The number of hydrogen-bond donors (Lipinski definition) is 0. The summed E-state index contributed by atoms with van der Waals surface area (Å²) in [5, 5.41) is 0. The maximum Gasteiger partial charge on any atom is 0.173 e. The molecule has 2 fully saturated rings. The predicted molar refractivity (Wildman–Crippen MR) is 73.1 cm³/mol. The van der Waals surface area contributed by atoms with Gasteiger partial charge in [-0.3, -0.25) is 0 Å². The van der Waals surface area contributed by atoms with E-state index in [9.17, 15) is 0 Å². The number of ether oxygens (including phenoxy) is 4. The first kappa shape index (κ1) is 15.2. The normalized spacial score (nSPS) is 29.1. The van der Waals surface area contributed by atoms with Crippen molar-refractivity contribution in [2.75, 3.05) is 26.4 Å². The van der Waals surface area contributed by atoms with Crippen LogP contribution in [0.5, 0.6) is 0 Å². The Bertz CT molecular complexity index is 260. The van der Waals surface area contributed by atoms with Gasteiger partial charge >= 0.3 is 0 Å². The van der Waals surface area contributed by atoms with Crippen LogP contribution in [0, 0.1) is 5.41 Å². The van der Waals surface area contributed by atoms with E-state index in [0.717, 1.165) is 32.5 Å². The Balaban J connectivity index is 1.98. The Kier molecular flexibility index (Phi) is 4.88. The summed E-state index contributed by atoms with van der Waals surface area (Å²) in [5.74, 6) is -0.527. The second-order valence-corrected chi connectivity index (χ2v) is 6.64. The molecule has 0 spiro atoms. The second-order valence-electron chi connectivity index (χ2n) is 6.64. The standard InChI is InChI=1S/C15H28O4/c1-5-6-7-15(14(2,3)4,18-10-12-8-16-12)19-11-13-9-17-13/h12-13H,5-11H2,1-4H3.